The minimum Gasteiger partial charge on any atom is -0.361 e. The van der Waals surface area contributed by atoms with Gasteiger partial charge in [0.05, 0.1) is 16.8 Å². The minimum absolute atomic E-state index is 0.191. The molecule has 0 fully saturated rings. The van der Waals surface area contributed by atoms with Gasteiger partial charge in [-0.25, -0.2) is 0 Å². The van der Waals surface area contributed by atoms with Crippen LogP contribution in [-0.4, -0.2) is 16.0 Å². The minimum atomic E-state index is -0.191. The van der Waals surface area contributed by atoms with Crippen LogP contribution in [0, 0.1) is 6.92 Å². The third-order valence-electron chi connectivity index (χ3n) is 3.05. The van der Waals surface area contributed by atoms with Crippen molar-refractivity contribution >= 4 is 17.2 Å². The summed E-state index contributed by atoms with van der Waals surface area (Å²) in [6.07, 6.45) is 3.18. The molecule has 0 aromatic carbocycles. The lowest BCUT2D eigenvalue weighted by Crippen LogP contribution is -2.23. The molecule has 0 saturated carbocycles. The number of pyridine rings is 1. The Morgan fingerprint density at radius 3 is 3.05 bits per heavy atom. The van der Waals surface area contributed by atoms with Gasteiger partial charge in [0.15, 0.2) is 0 Å². The van der Waals surface area contributed by atoms with Gasteiger partial charge >= 0.3 is 0 Å². The standard InChI is InChI=1S/C15H13N3O2S/c1-10-12(9-18-20-10)15(19)17-8-11-4-5-16-13(7-11)14-3-2-6-21-14/h2-7,9H,8H2,1H3,(H,17,19). The first-order chi connectivity index (χ1) is 10.2. The second-order valence-electron chi connectivity index (χ2n) is 4.50. The molecule has 0 unspecified atom stereocenters. The Labute approximate surface area is 125 Å². The van der Waals surface area contributed by atoms with Gasteiger partial charge in [-0.15, -0.1) is 11.3 Å². The van der Waals surface area contributed by atoms with Crippen LogP contribution in [0.2, 0.25) is 0 Å². The smallest absolute Gasteiger partial charge is 0.256 e. The van der Waals surface area contributed by atoms with Gasteiger partial charge in [-0.05, 0) is 36.1 Å². The molecule has 0 aliphatic rings. The Hall–Kier alpha value is -2.47. The Kier molecular flexibility index (Phi) is 3.79. The Morgan fingerprint density at radius 2 is 2.33 bits per heavy atom. The number of carbonyl (C=O) groups excluding carboxylic acids is 1. The van der Waals surface area contributed by atoms with Crippen LogP contribution in [0.1, 0.15) is 21.7 Å². The van der Waals surface area contributed by atoms with Gasteiger partial charge in [0, 0.05) is 12.7 Å². The van der Waals surface area contributed by atoms with Crippen molar-refractivity contribution in [1.29, 1.82) is 0 Å². The van der Waals surface area contributed by atoms with Crippen molar-refractivity contribution in [3.63, 3.8) is 0 Å². The molecule has 106 valence electrons. The molecular formula is C15H13N3O2S. The molecule has 0 aliphatic heterocycles. The number of nitrogens with zero attached hydrogens (tertiary/aromatic N) is 2. The topological polar surface area (TPSA) is 68.0 Å². The van der Waals surface area contributed by atoms with Crippen molar-refractivity contribution < 1.29 is 9.32 Å². The van der Waals surface area contributed by atoms with E-state index in [1.807, 2.05) is 29.6 Å². The van der Waals surface area contributed by atoms with Crippen LogP contribution >= 0.6 is 11.3 Å². The monoisotopic (exact) mass is 299 g/mol. The zero-order chi connectivity index (χ0) is 14.7. The molecule has 1 amide bonds. The zero-order valence-electron chi connectivity index (χ0n) is 11.4. The molecule has 3 aromatic rings. The van der Waals surface area contributed by atoms with E-state index in [1.165, 1.54) is 6.20 Å². The fourth-order valence-corrected chi connectivity index (χ4v) is 2.63. The summed E-state index contributed by atoms with van der Waals surface area (Å²) < 4.78 is 4.89. The third kappa shape index (κ3) is 3.00. The van der Waals surface area contributed by atoms with E-state index >= 15 is 0 Å². The van der Waals surface area contributed by atoms with Crippen molar-refractivity contribution in [3.05, 3.63) is 58.9 Å². The number of amides is 1. The van der Waals surface area contributed by atoms with E-state index in [9.17, 15) is 4.79 Å². The molecule has 0 atom stereocenters. The zero-order valence-corrected chi connectivity index (χ0v) is 12.2. The molecule has 0 saturated heterocycles. The molecule has 0 radical (unpaired) electrons. The van der Waals surface area contributed by atoms with Gasteiger partial charge in [0.2, 0.25) is 0 Å². The first kappa shape index (κ1) is 13.5. The van der Waals surface area contributed by atoms with Crippen LogP contribution < -0.4 is 5.32 Å². The SMILES string of the molecule is Cc1oncc1C(=O)NCc1ccnc(-c2cccs2)c1. The number of aryl methyl sites for hydroxylation is 1. The summed E-state index contributed by atoms with van der Waals surface area (Å²) in [6, 6.07) is 7.88. The molecule has 1 N–H and O–H groups in total. The van der Waals surface area contributed by atoms with Gasteiger partial charge in [-0.2, -0.15) is 0 Å². The Balaban J connectivity index is 1.70. The predicted octanol–water partition coefficient (Wildman–Crippen LogP) is 3.04. The highest BCUT2D eigenvalue weighted by Crippen LogP contribution is 2.23. The lowest BCUT2D eigenvalue weighted by molar-refractivity contribution is 0.0949. The third-order valence-corrected chi connectivity index (χ3v) is 3.94. The van der Waals surface area contributed by atoms with Crippen LogP contribution in [0.15, 0.2) is 46.6 Å². The van der Waals surface area contributed by atoms with Crippen LogP contribution in [0.3, 0.4) is 0 Å². The summed E-state index contributed by atoms with van der Waals surface area (Å²) in [5.41, 5.74) is 2.37. The Morgan fingerprint density at radius 1 is 1.43 bits per heavy atom. The summed E-state index contributed by atoms with van der Waals surface area (Å²) >= 11 is 1.64. The van der Waals surface area contributed by atoms with E-state index in [0.29, 0.717) is 17.9 Å². The van der Waals surface area contributed by atoms with E-state index < -0.39 is 0 Å². The van der Waals surface area contributed by atoms with E-state index in [0.717, 1.165) is 16.1 Å². The lowest BCUT2D eigenvalue weighted by Gasteiger charge is -2.05. The van der Waals surface area contributed by atoms with Crippen molar-refractivity contribution in [2.24, 2.45) is 0 Å². The maximum atomic E-state index is 12.0. The van der Waals surface area contributed by atoms with Gasteiger partial charge < -0.3 is 9.84 Å². The van der Waals surface area contributed by atoms with E-state index in [1.54, 1.807) is 24.5 Å². The van der Waals surface area contributed by atoms with E-state index in [4.69, 9.17) is 4.52 Å². The number of nitrogens with one attached hydrogen (secondary N) is 1. The van der Waals surface area contributed by atoms with Crippen molar-refractivity contribution in [3.8, 4) is 10.6 Å². The van der Waals surface area contributed by atoms with Crippen molar-refractivity contribution in [1.82, 2.24) is 15.5 Å². The summed E-state index contributed by atoms with van der Waals surface area (Å²) in [7, 11) is 0. The number of thiophene rings is 1. The maximum Gasteiger partial charge on any atom is 0.256 e. The number of hydrogen-bond acceptors (Lipinski definition) is 5. The number of aromatic nitrogens is 2. The first-order valence-electron chi connectivity index (χ1n) is 6.42. The molecule has 3 rings (SSSR count). The molecule has 5 nitrogen and oxygen atoms in total. The molecule has 0 bridgehead atoms. The highest BCUT2D eigenvalue weighted by Gasteiger charge is 2.12. The quantitative estimate of drug-likeness (QED) is 0.804. The second-order valence-corrected chi connectivity index (χ2v) is 5.45. The fourth-order valence-electron chi connectivity index (χ4n) is 1.94. The molecule has 3 heterocycles. The fraction of sp³-hybridized carbons (Fsp3) is 0.133. The second kappa shape index (κ2) is 5.88. The summed E-state index contributed by atoms with van der Waals surface area (Å²) in [5, 5.41) is 8.47. The molecule has 3 aromatic heterocycles. The van der Waals surface area contributed by atoms with Gasteiger partial charge in [0.25, 0.3) is 5.91 Å². The Bertz CT molecular complexity index is 750. The molecule has 6 heteroatoms. The average Bonchev–Trinajstić information content (AvgIpc) is 3.16. The van der Waals surface area contributed by atoms with Crippen LogP contribution in [-0.2, 0) is 6.54 Å². The predicted molar refractivity (Wildman–Crippen MR) is 80.0 cm³/mol. The number of hydrogen-bond donors (Lipinski definition) is 1. The van der Waals surface area contributed by atoms with Crippen molar-refractivity contribution in [2.75, 3.05) is 0 Å². The number of rotatable bonds is 4. The summed E-state index contributed by atoms with van der Waals surface area (Å²) in [6.45, 7) is 2.15. The van der Waals surface area contributed by atoms with Gasteiger partial charge in [-0.3, -0.25) is 9.78 Å². The summed E-state index contributed by atoms with van der Waals surface area (Å²) in [5.74, 6) is 0.324. The normalized spacial score (nSPS) is 10.5. The van der Waals surface area contributed by atoms with E-state index in [2.05, 4.69) is 15.5 Å². The van der Waals surface area contributed by atoms with E-state index in [-0.39, 0.29) is 5.91 Å². The van der Waals surface area contributed by atoms with Crippen molar-refractivity contribution in [2.45, 2.75) is 13.5 Å². The van der Waals surface area contributed by atoms with Crippen LogP contribution in [0.5, 0.6) is 0 Å². The average molecular weight is 299 g/mol. The molecular weight excluding hydrogens is 286 g/mol. The van der Waals surface area contributed by atoms with Crippen LogP contribution in [0.25, 0.3) is 10.6 Å². The lowest BCUT2D eigenvalue weighted by atomic mass is 10.2. The molecule has 21 heavy (non-hydrogen) atoms. The molecule has 0 spiro atoms. The summed E-state index contributed by atoms with van der Waals surface area (Å²) in [4.78, 5) is 17.4. The van der Waals surface area contributed by atoms with Crippen LogP contribution in [0.4, 0.5) is 0 Å². The van der Waals surface area contributed by atoms with Gasteiger partial charge in [0.1, 0.15) is 11.3 Å². The largest absolute Gasteiger partial charge is 0.361 e. The highest BCUT2D eigenvalue weighted by atomic mass is 32.1. The first-order valence-corrected chi connectivity index (χ1v) is 7.30. The highest BCUT2D eigenvalue weighted by molar-refractivity contribution is 7.13. The molecule has 0 aliphatic carbocycles. The maximum absolute atomic E-state index is 12.0. The number of carbonyl (C=O) groups is 1. The van der Waals surface area contributed by atoms with Gasteiger partial charge in [-0.1, -0.05) is 11.2 Å².